The van der Waals surface area contributed by atoms with Gasteiger partial charge in [-0.2, -0.15) is 0 Å². The molecule has 0 spiro atoms. The first-order chi connectivity index (χ1) is 27.5. The maximum atomic E-state index is 3.81. The highest BCUT2D eigenvalue weighted by molar-refractivity contribution is 9.12. The smallest absolute Gasteiger partial charge is 0.0568 e. The van der Waals surface area contributed by atoms with Gasteiger partial charge >= 0.3 is 0 Å². The normalized spacial score (nSPS) is 11.5. The molecule has 57 heavy (non-hydrogen) atoms. The van der Waals surface area contributed by atoms with E-state index < -0.39 is 5.41 Å². The second-order valence-corrected chi connectivity index (χ2v) is 20.6. The molecular formula is C49H28Br8. The zero-order chi connectivity index (χ0) is 39.8. The van der Waals surface area contributed by atoms with E-state index in [4.69, 9.17) is 0 Å². The van der Waals surface area contributed by atoms with Crippen molar-refractivity contribution in [2.24, 2.45) is 0 Å². The summed E-state index contributed by atoms with van der Waals surface area (Å²) < 4.78 is 8.28. The van der Waals surface area contributed by atoms with Crippen LogP contribution in [0.3, 0.4) is 0 Å². The molecule has 8 aromatic carbocycles. The van der Waals surface area contributed by atoms with E-state index in [-0.39, 0.29) is 0 Å². The molecule has 280 valence electrons. The summed E-state index contributed by atoms with van der Waals surface area (Å²) in [5, 5.41) is 0. The van der Waals surface area contributed by atoms with Crippen molar-refractivity contribution in [3.05, 3.63) is 228 Å². The fourth-order valence-electron chi connectivity index (χ4n) is 7.49. The average molecular weight is 1260 g/mol. The van der Waals surface area contributed by atoms with Gasteiger partial charge in [-0.25, -0.2) is 0 Å². The Morgan fingerprint density at radius 1 is 0.228 bits per heavy atom. The molecule has 0 saturated heterocycles. The quantitative estimate of drug-likeness (QED) is 0.133. The Labute approximate surface area is 400 Å². The molecule has 0 amide bonds. The monoisotopic (exact) mass is 1250 g/mol. The van der Waals surface area contributed by atoms with E-state index in [9.17, 15) is 0 Å². The van der Waals surface area contributed by atoms with Crippen molar-refractivity contribution in [3.63, 3.8) is 0 Å². The molecule has 8 heteroatoms. The average Bonchev–Trinajstić information content (AvgIpc) is 3.20. The third kappa shape index (κ3) is 8.50. The number of hydrogen-bond donors (Lipinski definition) is 0. The molecular weight excluding hydrogens is 1230 g/mol. The van der Waals surface area contributed by atoms with E-state index in [0.29, 0.717) is 0 Å². The minimum Gasteiger partial charge on any atom is -0.0568 e. The zero-order valence-electron chi connectivity index (χ0n) is 29.7. The highest BCUT2D eigenvalue weighted by atomic mass is 79.9. The molecule has 8 rings (SSSR count). The molecule has 0 heterocycles. The van der Waals surface area contributed by atoms with Gasteiger partial charge in [-0.05, 0) is 115 Å². The second kappa shape index (κ2) is 17.7. The summed E-state index contributed by atoms with van der Waals surface area (Å²) in [7, 11) is 0. The van der Waals surface area contributed by atoms with E-state index in [0.717, 1.165) is 103 Å². The van der Waals surface area contributed by atoms with Crippen LogP contribution >= 0.6 is 127 Å². The van der Waals surface area contributed by atoms with Gasteiger partial charge in [0.15, 0.2) is 0 Å². The molecule has 0 atom stereocenters. The minimum atomic E-state index is -0.685. The van der Waals surface area contributed by atoms with E-state index in [1.165, 1.54) is 0 Å². The van der Waals surface area contributed by atoms with Gasteiger partial charge in [-0.15, -0.1) is 0 Å². The summed E-state index contributed by atoms with van der Waals surface area (Å²) in [6.45, 7) is 0. The first-order valence-corrected chi connectivity index (χ1v) is 24.1. The number of hydrogen-bond acceptors (Lipinski definition) is 0. The van der Waals surface area contributed by atoms with Gasteiger partial charge in [0, 0.05) is 35.8 Å². The van der Waals surface area contributed by atoms with Crippen molar-refractivity contribution < 1.29 is 0 Å². The van der Waals surface area contributed by atoms with Crippen LogP contribution in [0.4, 0.5) is 0 Å². The van der Waals surface area contributed by atoms with Gasteiger partial charge in [-0.3, -0.25) is 0 Å². The SMILES string of the molecule is Brc1ccc(-c2ccc(C(c3ccc(-c4ccc(Br)cc4Br)cc3)(c3ccc(-c4ccc(Br)cc4Br)cc3)c3ccc(-c4ccc(Br)cc4Br)cc3)cc2)c(Br)c1. The fraction of sp³-hybridized carbons (Fsp3) is 0.0204. The third-order valence-corrected chi connectivity index (χ3v) is 14.8. The predicted molar refractivity (Wildman–Crippen MR) is 268 cm³/mol. The van der Waals surface area contributed by atoms with Crippen molar-refractivity contribution in [3.8, 4) is 44.5 Å². The number of benzene rings is 8. The fourth-order valence-corrected chi connectivity index (χ4v) is 12.6. The standard InChI is InChI=1S/C49H28Br8/c50-37-17-21-41(45(54)25-37)29-1-9-33(10-2-29)49(34-11-3-30(4-12-34)42-22-18-38(51)26-46(42)55,35-13-5-31(6-14-35)43-23-19-39(52)27-47(43)56)36-15-7-32(8-16-36)44-24-20-40(53)28-48(44)57/h1-28H. The highest BCUT2D eigenvalue weighted by Gasteiger charge is 2.39. The lowest BCUT2D eigenvalue weighted by atomic mass is 9.64. The molecule has 0 aromatic heterocycles. The van der Waals surface area contributed by atoms with E-state index in [2.05, 4.69) is 297 Å². The van der Waals surface area contributed by atoms with Crippen LogP contribution in [0.2, 0.25) is 0 Å². The maximum Gasteiger partial charge on any atom is 0.0701 e. The summed E-state index contributed by atoms with van der Waals surface area (Å²) in [5.41, 5.74) is 13.0. The lowest BCUT2D eigenvalue weighted by molar-refractivity contribution is 0.745. The molecule has 0 saturated carbocycles. The Bertz CT molecular complexity index is 2350. The van der Waals surface area contributed by atoms with Crippen LogP contribution in [0, 0.1) is 0 Å². The summed E-state index contributed by atoms with van der Waals surface area (Å²) in [4.78, 5) is 0. The molecule has 0 fully saturated rings. The molecule has 0 N–H and O–H groups in total. The van der Waals surface area contributed by atoms with Gasteiger partial charge in [-0.1, -0.05) is 249 Å². The van der Waals surface area contributed by atoms with Crippen molar-refractivity contribution in [1.82, 2.24) is 0 Å². The Kier molecular flexibility index (Phi) is 12.8. The molecule has 0 bridgehead atoms. The van der Waals surface area contributed by atoms with Crippen LogP contribution in [0.25, 0.3) is 44.5 Å². The Balaban J connectivity index is 1.36. The molecule has 8 aromatic rings. The zero-order valence-corrected chi connectivity index (χ0v) is 42.4. The van der Waals surface area contributed by atoms with Gasteiger partial charge < -0.3 is 0 Å². The van der Waals surface area contributed by atoms with Crippen LogP contribution < -0.4 is 0 Å². The molecule has 0 unspecified atom stereocenters. The Morgan fingerprint density at radius 3 is 0.596 bits per heavy atom. The number of rotatable bonds is 8. The molecule has 0 aliphatic carbocycles. The van der Waals surface area contributed by atoms with Gasteiger partial charge in [0.2, 0.25) is 0 Å². The maximum absolute atomic E-state index is 3.81. The van der Waals surface area contributed by atoms with Crippen molar-refractivity contribution >= 4 is 127 Å². The molecule has 0 nitrogen and oxygen atoms in total. The largest absolute Gasteiger partial charge is 0.0701 e. The first-order valence-electron chi connectivity index (χ1n) is 17.7. The summed E-state index contributed by atoms with van der Waals surface area (Å²) in [6, 6.07) is 61.6. The minimum absolute atomic E-state index is 0.685. The summed E-state index contributed by atoms with van der Waals surface area (Å²) in [5.74, 6) is 0. The molecule has 0 radical (unpaired) electrons. The van der Waals surface area contributed by atoms with E-state index in [1.54, 1.807) is 0 Å². The Morgan fingerprint density at radius 2 is 0.421 bits per heavy atom. The Hall–Kier alpha value is -2.40. The molecule has 0 aliphatic rings. The lowest BCUT2D eigenvalue weighted by Gasteiger charge is -2.37. The van der Waals surface area contributed by atoms with Crippen LogP contribution in [0.5, 0.6) is 0 Å². The van der Waals surface area contributed by atoms with E-state index >= 15 is 0 Å². The van der Waals surface area contributed by atoms with E-state index in [1.807, 2.05) is 0 Å². The number of halogens is 8. The van der Waals surface area contributed by atoms with Crippen LogP contribution in [-0.2, 0) is 5.41 Å². The third-order valence-electron chi connectivity index (χ3n) is 10.2. The highest BCUT2D eigenvalue weighted by Crippen LogP contribution is 2.48. The first kappa shape index (κ1) is 41.3. The lowest BCUT2D eigenvalue weighted by Crippen LogP contribution is -2.31. The predicted octanol–water partition coefficient (Wildman–Crippen LogP) is 18.8. The van der Waals surface area contributed by atoms with Crippen LogP contribution in [0.1, 0.15) is 22.3 Å². The van der Waals surface area contributed by atoms with Gasteiger partial charge in [0.1, 0.15) is 0 Å². The van der Waals surface area contributed by atoms with Crippen molar-refractivity contribution in [2.75, 3.05) is 0 Å². The van der Waals surface area contributed by atoms with Crippen LogP contribution in [-0.4, -0.2) is 0 Å². The molecule has 0 aliphatic heterocycles. The van der Waals surface area contributed by atoms with Crippen molar-refractivity contribution in [2.45, 2.75) is 5.41 Å². The van der Waals surface area contributed by atoms with Gasteiger partial charge in [0.05, 0.1) is 5.41 Å². The summed E-state index contributed by atoms with van der Waals surface area (Å²) >= 11 is 29.7. The van der Waals surface area contributed by atoms with Crippen molar-refractivity contribution in [1.29, 1.82) is 0 Å². The van der Waals surface area contributed by atoms with Gasteiger partial charge in [0.25, 0.3) is 0 Å². The second-order valence-electron chi connectivity index (χ2n) is 13.6. The summed E-state index contributed by atoms with van der Waals surface area (Å²) in [6.07, 6.45) is 0. The van der Waals surface area contributed by atoms with Crippen LogP contribution in [0.15, 0.2) is 206 Å². The topological polar surface area (TPSA) is 0 Å².